The van der Waals surface area contributed by atoms with Crippen molar-refractivity contribution in [3.8, 4) is 5.75 Å². The van der Waals surface area contributed by atoms with Crippen LogP contribution < -0.4 is 20.3 Å². The van der Waals surface area contributed by atoms with Crippen molar-refractivity contribution in [3.63, 3.8) is 0 Å². The molecule has 8 heteroatoms. The van der Waals surface area contributed by atoms with Crippen LogP contribution >= 0.6 is 0 Å². The largest absolute Gasteiger partial charge is 0.478 e. The van der Waals surface area contributed by atoms with Crippen LogP contribution in [0.15, 0.2) is 30.5 Å². The summed E-state index contributed by atoms with van der Waals surface area (Å²) in [4.78, 5) is 32.8. The lowest BCUT2D eigenvalue weighted by Crippen LogP contribution is -2.46. The summed E-state index contributed by atoms with van der Waals surface area (Å²) < 4.78 is 5.90. The number of nitrogens with zero attached hydrogens (tertiary/aromatic N) is 3. The monoisotopic (exact) mass is 423 g/mol. The van der Waals surface area contributed by atoms with Crippen molar-refractivity contribution in [2.75, 3.05) is 43.4 Å². The normalized spacial score (nSPS) is 18.7. The van der Waals surface area contributed by atoms with Gasteiger partial charge in [0, 0.05) is 39.8 Å². The predicted molar refractivity (Wildman–Crippen MR) is 120 cm³/mol. The molecule has 2 aliphatic heterocycles. The molecular weight excluding hydrogens is 394 g/mol. The number of anilines is 2. The van der Waals surface area contributed by atoms with Crippen LogP contribution in [-0.2, 0) is 11.3 Å². The molecular formula is C23H29N5O3. The third-order valence-corrected chi connectivity index (χ3v) is 5.87. The second kappa shape index (κ2) is 8.93. The van der Waals surface area contributed by atoms with Gasteiger partial charge in [-0.25, -0.2) is 4.98 Å². The first-order valence-corrected chi connectivity index (χ1v) is 10.7. The SMILES string of the molecule is CCC1Oc2c(C)cc(CN3CCN(c4ccc(C(=O)NC)nc4)CC3)cc2NC1=O. The third-order valence-electron chi connectivity index (χ3n) is 5.87. The number of carbonyl (C=O) groups excluding carboxylic acids is 2. The van der Waals surface area contributed by atoms with E-state index in [1.54, 1.807) is 19.3 Å². The number of carbonyl (C=O) groups is 2. The van der Waals surface area contributed by atoms with E-state index in [0.717, 1.165) is 55.4 Å². The average Bonchev–Trinajstić information content (AvgIpc) is 2.79. The molecule has 1 aromatic carbocycles. The van der Waals surface area contributed by atoms with Gasteiger partial charge in [0.25, 0.3) is 11.8 Å². The Hall–Kier alpha value is -3.13. The average molecular weight is 424 g/mol. The van der Waals surface area contributed by atoms with Crippen molar-refractivity contribution < 1.29 is 14.3 Å². The minimum atomic E-state index is -0.412. The van der Waals surface area contributed by atoms with Gasteiger partial charge in [0.2, 0.25) is 0 Å². The summed E-state index contributed by atoms with van der Waals surface area (Å²) in [6, 6.07) is 7.89. The molecule has 0 saturated carbocycles. The maximum atomic E-state index is 12.2. The molecule has 8 nitrogen and oxygen atoms in total. The maximum Gasteiger partial charge on any atom is 0.269 e. The number of nitrogens with one attached hydrogen (secondary N) is 2. The lowest BCUT2D eigenvalue weighted by atomic mass is 10.1. The Morgan fingerprint density at radius 3 is 2.68 bits per heavy atom. The van der Waals surface area contributed by atoms with Gasteiger partial charge < -0.3 is 20.3 Å². The molecule has 1 unspecified atom stereocenters. The van der Waals surface area contributed by atoms with E-state index in [2.05, 4.69) is 31.5 Å². The number of aryl methyl sites for hydroxylation is 1. The molecule has 2 N–H and O–H groups in total. The smallest absolute Gasteiger partial charge is 0.269 e. The number of hydrogen-bond acceptors (Lipinski definition) is 6. The van der Waals surface area contributed by atoms with E-state index in [4.69, 9.17) is 4.74 Å². The van der Waals surface area contributed by atoms with E-state index in [1.165, 1.54) is 5.56 Å². The van der Waals surface area contributed by atoms with Crippen molar-refractivity contribution in [2.45, 2.75) is 32.9 Å². The van der Waals surface area contributed by atoms with Gasteiger partial charge in [0.1, 0.15) is 11.4 Å². The van der Waals surface area contributed by atoms with Crippen LogP contribution in [0.25, 0.3) is 0 Å². The van der Waals surface area contributed by atoms with E-state index in [9.17, 15) is 9.59 Å². The molecule has 2 aliphatic rings. The number of aromatic nitrogens is 1. The number of ether oxygens (including phenoxy) is 1. The van der Waals surface area contributed by atoms with Gasteiger partial charge in [0.15, 0.2) is 6.10 Å². The summed E-state index contributed by atoms with van der Waals surface area (Å²) in [5.74, 6) is 0.535. The summed E-state index contributed by atoms with van der Waals surface area (Å²) in [5, 5.41) is 5.59. The Morgan fingerprint density at radius 1 is 1.26 bits per heavy atom. The molecule has 2 amide bonds. The molecule has 4 rings (SSSR count). The van der Waals surface area contributed by atoms with Crippen LogP contribution in [0.3, 0.4) is 0 Å². The topological polar surface area (TPSA) is 86.8 Å². The van der Waals surface area contributed by atoms with Gasteiger partial charge >= 0.3 is 0 Å². The van der Waals surface area contributed by atoms with E-state index in [1.807, 2.05) is 26.0 Å². The molecule has 1 atom stereocenters. The summed E-state index contributed by atoms with van der Waals surface area (Å²) >= 11 is 0. The fraction of sp³-hybridized carbons (Fsp3) is 0.435. The van der Waals surface area contributed by atoms with Crippen molar-refractivity contribution in [3.05, 3.63) is 47.3 Å². The van der Waals surface area contributed by atoms with Gasteiger partial charge in [-0.15, -0.1) is 0 Å². The number of rotatable bonds is 5. The Balaban J connectivity index is 1.37. The first-order chi connectivity index (χ1) is 15.0. The van der Waals surface area contributed by atoms with Crippen LogP contribution in [0.1, 0.15) is 35.0 Å². The van der Waals surface area contributed by atoms with E-state index >= 15 is 0 Å². The van der Waals surface area contributed by atoms with Crippen molar-refractivity contribution in [2.24, 2.45) is 0 Å². The number of piperazine rings is 1. The zero-order valence-corrected chi connectivity index (χ0v) is 18.3. The molecule has 1 aromatic heterocycles. The lowest BCUT2D eigenvalue weighted by Gasteiger charge is -2.36. The Kier molecular flexibility index (Phi) is 6.08. The summed E-state index contributed by atoms with van der Waals surface area (Å²) in [6.45, 7) is 8.43. The minimum absolute atomic E-state index is 0.0730. The van der Waals surface area contributed by atoms with Crippen molar-refractivity contribution >= 4 is 23.2 Å². The van der Waals surface area contributed by atoms with Gasteiger partial charge in [0.05, 0.1) is 17.6 Å². The van der Waals surface area contributed by atoms with E-state index in [-0.39, 0.29) is 11.8 Å². The fourth-order valence-corrected chi connectivity index (χ4v) is 4.12. The van der Waals surface area contributed by atoms with Crippen molar-refractivity contribution in [1.29, 1.82) is 0 Å². The first-order valence-electron chi connectivity index (χ1n) is 10.7. The molecule has 0 bridgehead atoms. The molecule has 31 heavy (non-hydrogen) atoms. The van der Waals surface area contributed by atoms with Crippen LogP contribution in [0.5, 0.6) is 5.75 Å². The highest BCUT2D eigenvalue weighted by Gasteiger charge is 2.28. The van der Waals surface area contributed by atoms with Crippen LogP contribution in [0.4, 0.5) is 11.4 Å². The van der Waals surface area contributed by atoms with Crippen LogP contribution in [0.2, 0.25) is 0 Å². The van der Waals surface area contributed by atoms with Gasteiger partial charge in [-0.2, -0.15) is 0 Å². The fourth-order valence-electron chi connectivity index (χ4n) is 4.12. The second-order valence-electron chi connectivity index (χ2n) is 8.04. The van der Waals surface area contributed by atoms with Crippen LogP contribution in [-0.4, -0.2) is 61.0 Å². The van der Waals surface area contributed by atoms with Crippen molar-refractivity contribution in [1.82, 2.24) is 15.2 Å². The van der Waals surface area contributed by atoms with E-state index in [0.29, 0.717) is 12.1 Å². The zero-order valence-electron chi connectivity index (χ0n) is 18.3. The number of benzene rings is 1. The number of pyridine rings is 1. The quantitative estimate of drug-likeness (QED) is 0.767. The molecule has 3 heterocycles. The lowest BCUT2D eigenvalue weighted by molar-refractivity contribution is -0.123. The number of amides is 2. The first kappa shape index (κ1) is 21.1. The minimum Gasteiger partial charge on any atom is -0.478 e. The second-order valence-corrected chi connectivity index (χ2v) is 8.04. The standard InChI is InChI=1S/C23H29N5O3/c1-4-20-23(30)26-19-12-16(11-15(2)21(19)31-20)14-27-7-9-28(10-8-27)17-5-6-18(25-13-17)22(29)24-3/h5-6,11-13,20H,4,7-10,14H2,1-3H3,(H,24,29)(H,26,30). The molecule has 0 aliphatic carbocycles. The van der Waals surface area contributed by atoms with Gasteiger partial charge in [-0.1, -0.05) is 13.0 Å². The molecule has 164 valence electrons. The predicted octanol–water partition coefficient (Wildman–Crippen LogP) is 2.18. The molecule has 0 spiro atoms. The number of hydrogen-bond donors (Lipinski definition) is 2. The summed E-state index contributed by atoms with van der Waals surface area (Å²) in [7, 11) is 1.60. The highest BCUT2D eigenvalue weighted by molar-refractivity contribution is 5.98. The zero-order chi connectivity index (χ0) is 22.0. The Labute approximate surface area is 182 Å². The maximum absolute atomic E-state index is 12.2. The molecule has 0 radical (unpaired) electrons. The summed E-state index contributed by atoms with van der Waals surface area (Å²) in [6.07, 6.45) is 2.00. The molecule has 1 fully saturated rings. The van der Waals surface area contributed by atoms with Gasteiger partial charge in [-0.05, 0) is 42.7 Å². The number of fused-ring (bicyclic) bond motifs is 1. The highest BCUT2D eigenvalue weighted by atomic mass is 16.5. The molecule has 1 saturated heterocycles. The van der Waals surface area contributed by atoms with Gasteiger partial charge in [-0.3, -0.25) is 14.5 Å². The Morgan fingerprint density at radius 2 is 2.03 bits per heavy atom. The summed E-state index contributed by atoms with van der Waals surface area (Å²) in [5.41, 5.74) is 4.44. The third kappa shape index (κ3) is 4.49. The Bertz CT molecular complexity index is 968. The van der Waals surface area contributed by atoms with E-state index < -0.39 is 6.10 Å². The highest BCUT2D eigenvalue weighted by Crippen LogP contribution is 2.35. The van der Waals surface area contributed by atoms with Crippen LogP contribution in [0, 0.1) is 6.92 Å². The molecule has 2 aromatic rings.